The smallest absolute Gasteiger partial charge is 0.120 e. The van der Waals surface area contributed by atoms with Crippen molar-refractivity contribution >= 4 is 0 Å². The van der Waals surface area contributed by atoms with Gasteiger partial charge >= 0.3 is 0 Å². The van der Waals surface area contributed by atoms with E-state index in [0.29, 0.717) is 0 Å². The van der Waals surface area contributed by atoms with E-state index in [9.17, 15) is 0 Å². The van der Waals surface area contributed by atoms with Gasteiger partial charge in [-0.15, -0.1) is 0 Å². The molecule has 1 aliphatic rings. The van der Waals surface area contributed by atoms with Crippen molar-refractivity contribution in [1.29, 1.82) is 0 Å². The highest BCUT2D eigenvalue weighted by Gasteiger charge is 2.25. The Labute approximate surface area is 113 Å². The molecule has 0 amide bonds. The molecule has 0 saturated heterocycles. The van der Waals surface area contributed by atoms with Crippen LogP contribution in [-0.2, 0) is 0 Å². The molecule has 1 aliphatic carbocycles. The summed E-state index contributed by atoms with van der Waals surface area (Å²) < 4.78 is 6.01. The highest BCUT2D eigenvalue weighted by Crippen LogP contribution is 2.27. The molecular weight excluding hydrogens is 236 g/mol. The summed E-state index contributed by atoms with van der Waals surface area (Å²) in [7, 11) is 0. The molecule has 3 nitrogen and oxygen atoms in total. The van der Waals surface area contributed by atoms with Gasteiger partial charge in [0.05, 0.1) is 0 Å². The van der Waals surface area contributed by atoms with Gasteiger partial charge in [0.15, 0.2) is 0 Å². The molecule has 2 unspecified atom stereocenters. The maximum atomic E-state index is 6.04. The molecule has 0 bridgehead atoms. The fraction of sp³-hybridized carbons (Fsp3) is 0.312. The van der Waals surface area contributed by atoms with E-state index in [1.54, 1.807) is 12.4 Å². The Balaban J connectivity index is 1.80. The molecule has 3 rings (SSSR count). The molecule has 1 aromatic carbocycles. The zero-order valence-corrected chi connectivity index (χ0v) is 10.8. The summed E-state index contributed by atoms with van der Waals surface area (Å²) in [6, 6.07) is 12.3. The molecule has 1 aromatic heterocycles. The number of hydrogen-bond donors (Lipinski definition) is 1. The summed E-state index contributed by atoms with van der Waals surface area (Å²) in [6.07, 6.45) is 7.05. The monoisotopic (exact) mass is 254 g/mol. The van der Waals surface area contributed by atoms with Crippen LogP contribution in [0.25, 0.3) is 11.1 Å². The summed E-state index contributed by atoms with van der Waals surface area (Å²) in [6.45, 7) is 0. The first-order chi connectivity index (χ1) is 9.33. The predicted octanol–water partition coefficient (Wildman–Crippen LogP) is 3.01. The van der Waals surface area contributed by atoms with Gasteiger partial charge in [-0.1, -0.05) is 12.1 Å². The van der Waals surface area contributed by atoms with Crippen molar-refractivity contribution < 1.29 is 4.74 Å². The maximum Gasteiger partial charge on any atom is 0.120 e. The predicted molar refractivity (Wildman–Crippen MR) is 75.9 cm³/mol. The van der Waals surface area contributed by atoms with Gasteiger partial charge in [-0.2, -0.15) is 0 Å². The zero-order valence-electron chi connectivity index (χ0n) is 10.8. The molecule has 0 aliphatic heterocycles. The molecule has 98 valence electrons. The third-order valence-electron chi connectivity index (χ3n) is 3.64. The number of nitrogens with two attached hydrogens (primary N) is 1. The van der Waals surface area contributed by atoms with Crippen molar-refractivity contribution in [3.8, 4) is 16.9 Å². The third-order valence-corrected chi connectivity index (χ3v) is 3.64. The topological polar surface area (TPSA) is 48.1 Å². The van der Waals surface area contributed by atoms with Gasteiger partial charge in [0, 0.05) is 18.4 Å². The van der Waals surface area contributed by atoms with Crippen LogP contribution in [0.3, 0.4) is 0 Å². The number of ether oxygens (including phenoxy) is 1. The van der Waals surface area contributed by atoms with Crippen molar-refractivity contribution in [1.82, 2.24) is 4.98 Å². The third kappa shape index (κ3) is 2.76. The normalized spacial score (nSPS) is 22.4. The maximum absolute atomic E-state index is 6.04. The minimum absolute atomic E-state index is 0.160. The highest BCUT2D eigenvalue weighted by molar-refractivity contribution is 5.64. The lowest BCUT2D eigenvalue weighted by molar-refractivity contribution is 0.192. The average molecular weight is 254 g/mol. The van der Waals surface area contributed by atoms with Gasteiger partial charge in [-0.05, 0) is 54.7 Å². The lowest BCUT2D eigenvalue weighted by atomic mass is 10.1. The summed E-state index contributed by atoms with van der Waals surface area (Å²) >= 11 is 0. The fourth-order valence-electron chi connectivity index (χ4n) is 2.57. The zero-order chi connectivity index (χ0) is 13.1. The van der Waals surface area contributed by atoms with Gasteiger partial charge < -0.3 is 10.5 Å². The van der Waals surface area contributed by atoms with E-state index in [1.807, 2.05) is 24.3 Å². The van der Waals surface area contributed by atoms with Gasteiger partial charge in [-0.3, -0.25) is 4.98 Å². The number of benzene rings is 1. The lowest BCUT2D eigenvalue weighted by Gasteiger charge is -2.18. The molecule has 0 spiro atoms. The van der Waals surface area contributed by atoms with Gasteiger partial charge in [0.25, 0.3) is 0 Å². The van der Waals surface area contributed by atoms with Crippen LogP contribution in [0.15, 0.2) is 48.8 Å². The SMILES string of the molecule is NC1CCCC1Oc1cccc(-c2ccncc2)c1. The van der Waals surface area contributed by atoms with Gasteiger partial charge in [0.2, 0.25) is 0 Å². The van der Waals surface area contributed by atoms with Crippen LogP contribution in [0.5, 0.6) is 5.75 Å². The molecule has 1 heterocycles. The quantitative estimate of drug-likeness (QED) is 0.916. The van der Waals surface area contributed by atoms with Crippen molar-refractivity contribution in [2.75, 3.05) is 0 Å². The first kappa shape index (κ1) is 12.2. The molecule has 2 aromatic rings. The Morgan fingerprint density at radius 2 is 1.89 bits per heavy atom. The highest BCUT2D eigenvalue weighted by atomic mass is 16.5. The number of pyridine rings is 1. The molecule has 19 heavy (non-hydrogen) atoms. The number of nitrogens with zero attached hydrogens (tertiary/aromatic N) is 1. The number of aromatic nitrogens is 1. The summed E-state index contributed by atoms with van der Waals surface area (Å²) in [5, 5.41) is 0. The first-order valence-corrected chi connectivity index (χ1v) is 6.75. The first-order valence-electron chi connectivity index (χ1n) is 6.75. The Hall–Kier alpha value is -1.87. The Morgan fingerprint density at radius 1 is 1.05 bits per heavy atom. The van der Waals surface area contributed by atoms with E-state index >= 15 is 0 Å². The van der Waals surface area contributed by atoms with Gasteiger partial charge in [-0.25, -0.2) is 0 Å². The van der Waals surface area contributed by atoms with Crippen LogP contribution >= 0.6 is 0 Å². The Morgan fingerprint density at radius 3 is 2.63 bits per heavy atom. The Bertz CT molecular complexity index is 541. The van der Waals surface area contributed by atoms with Crippen LogP contribution in [-0.4, -0.2) is 17.1 Å². The van der Waals surface area contributed by atoms with Crippen LogP contribution in [0, 0.1) is 0 Å². The van der Waals surface area contributed by atoms with E-state index in [0.717, 1.165) is 36.1 Å². The van der Waals surface area contributed by atoms with Gasteiger partial charge in [0.1, 0.15) is 11.9 Å². The summed E-state index contributed by atoms with van der Waals surface area (Å²) in [4.78, 5) is 4.04. The molecular formula is C16H18N2O. The summed E-state index contributed by atoms with van der Waals surface area (Å²) in [5.41, 5.74) is 8.34. The molecule has 0 radical (unpaired) electrons. The summed E-state index contributed by atoms with van der Waals surface area (Å²) in [5.74, 6) is 0.900. The van der Waals surface area contributed by atoms with Crippen molar-refractivity contribution in [2.24, 2.45) is 5.73 Å². The van der Waals surface area contributed by atoms with Crippen LogP contribution in [0.4, 0.5) is 0 Å². The van der Waals surface area contributed by atoms with E-state index in [1.165, 1.54) is 0 Å². The van der Waals surface area contributed by atoms with E-state index < -0.39 is 0 Å². The standard InChI is InChI=1S/C16H18N2O/c17-15-5-2-6-16(15)19-14-4-1-3-13(11-14)12-7-9-18-10-8-12/h1,3-4,7-11,15-16H,2,5-6,17H2. The van der Waals surface area contributed by atoms with Crippen LogP contribution in [0.2, 0.25) is 0 Å². The van der Waals surface area contributed by atoms with Crippen molar-refractivity contribution in [3.63, 3.8) is 0 Å². The molecule has 1 fully saturated rings. The lowest BCUT2D eigenvalue weighted by Crippen LogP contribution is -2.33. The van der Waals surface area contributed by atoms with Crippen molar-refractivity contribution in [2.45, 2.75) is 31.4 Å². The van der Waals surface area contributed by atoms with Crippen molar-refractivity contribution in [3.05, 3.63) is 48.8 Å². The number of rotatable bonds is 3. The fourth-order valence-corrected chi connectivity index (χ4v) is 2.57. The van der Waals surface area contributed by atoms with Crippen LogP contribution in [0.1, 0.15) is 19.3 Å². The molecule has 2 N–H and O–H groups in total. The van der Waals surface area contributed by atoms with E-state index in [2.05, 4.69) is 17.1 Å². The van der Waals surface area contributed by atoms with E-state index in [4.69, 9.17) is 10.5 Å². The molecule has 3 heteroatoms. The largest absolute Gasteiger partial charge is 0.489 e. The molecule has 1 saturated carbocycles. The average Bonchev–Trinajstić information content (AvgIpc) is 2.86. The van der Waals surface area contributed by atoms with Crippen LogP contribution < -0.4 is 10.5 Å². The Kier molecular flexibility index (Phi) is 3.47. The minimum Gasteiger partial charge on any atom is -0.489 e. The molecule has 2 atom stereocenters. The second-order valence-electron chi connectivity index (χ2n) is 5.01. The van der Waals surface area contributed by atoms with E-state index in [-0.39, 0.29) is 12.1 Å². The second kappa shape index (κ2) is 5.41. The minimum atomic E-state index is 0.160. The number of hydrogen-bond acceptors (Lipinski definition) is 3. The second-order valence-corrected chi connectivity index (χ2v) is 5.01.